The molecule has 1 aliphatic rings. The first-order chi connectivity index (χ1) is 17.0. The Balaban J connectivity index is 1.57. The van der Waals surface area contributed by atoms with E-state index in [9.17, 15) is 9.90 Å². The smallest absolute Gasteiger partial charge is 0.232 e. The van der Waals surface area contributed by atoms with E-state index in [0.29, 0.717) is 16.9 Å². The van der Waals surface area contributed by atoms with Crippen molar-refractivity contribution in [2.24, 2.45) is 5.41 Å². The molecule has 0 bridgehead atoms. The number of carbonyl (C=O) groups is 1. The van der Waals surface area contributed by atoms with E-state index in [1.54, 1.807) is 19.4 Å². The van der Waals surface area contributed by atoms with Crippen molar-refractivity contribution in [1.82, 2.24) is 20.2 Å². The number of hydrogen-bond acceptors (Lipinski definition) is 8. The van der Waals surface area contributed by atoms with Gasteiger partial charge in [0.15, 0.2) is 0 Å². The van der Waals surface area contributed by atoms with Crippen LogP contribution in [-0.4, -0.2) is 31.2 Å². The second kappa shape index (κ2) is 8.76. The zero-order valence-electron chi connectivity index (χ0n) is 20.7. The summed E-state index contributed by atoms with van der Waals surface area (Å²) >= 11 is 1.27. The molecule has 8 nitrogen and oxygen atoms in total. The molecule has 1 atom stereocenters. The summed E-state index contributed by atoms with van der Waals surface area (Å²) in [4.78, 5) is 22.9. The van der Waals surface area contributed by atoms with Crippen molar-refractivity contribution in [3.05, 3.63) is 76.4 Å². The number of hydrogen-bond donors (Lipinski definition) is 2. The molecule has 184 valence electrons. The van der Waals surface area contributed by atoms with Gasteiger partial charge in [-0.1, -0.05) is 61.6 Å². The average Bonchev–Trinajstić information content (AvgIpc) is 3.34. The largest absolute Gasteiger partial charge is 0.420 e. The highest BCUT2D eigenvalue weighted by molar-refractivity contribution is 7.13. The van der Waals surface area contributed by atoms with Crippen LogP contribution in [0.15, 0.2) is 54.0 Å². The Morgan fingerprint density at radius 2 is 1.64 bits per heavy atom. The molecule has 5 rings (SSSR count). The van der Waals surface area contributed by atoms with E-state index >= 15 is 0 Å². The SMILES string of the molecule is Cc1ccc2c(n1)Oc1nc(-c3ccc(C(C)(C)O)cc3)ccc1[C@H]2C(C)(C)C(=O)Nc1nncs1. The lowest BCUT2D eigenvalue weighted by Gasteiger charge is -2.37. The van der Waals surface area contributed by atoms with Crippen LogP contribution in [0.2, 0.25) is 0 Å². The van der Waals surface area contributed by atoms with Gasteiger partial charge >= 0.3 is 0 Å². The first kappa shape index (κ1) is 24.0. The number of aromatic nitrogens is 4. The van der Waals surface area contributed by atoms with Crippen molar-refractivity contribution in [1.29, 1.82) is 0 Å². The van der Waals surface area contributed by atoms with Gasteiger partial charge in [0.1, 0.15) is 5.51 Å². The molecule has 0 saturated carbocycles. The first-order valence-corrected chi connectivity index (χ1v) is 12.5. The summed E-state index contributed by atoms with van der Waals surface area (Å²) in [6.07, 6.45) is 0. The van der Waals surface area contributed by atoms with Crippen LogP contribution in [0, 0.1) is 12.3 Å². The average molecular weight is 502 g/mol. The van der Waals surface area contributed by atoms with E-state index in [4.69, 9.17) is 9.72 Å². The second-order valence-corrected chi connectivity index (χ2v) is 10.9. The van der Waals surface area contributed by atoms with Crippen LogP contribution in [0.5, 0.6) is 11.8 Å². The van der Waals surface area contributed by atoms with Crippen LogP contribution in [-0.2, 0) is 10.4 Å². The van der Waals surface area contributed by atoms with Crippen molar-refractivity contribution < 1.29 is 14.6 Å². The number of carbonyl (C=O) groups excluding carboxylic acids is 1. The van der Waals surface area contributed by atoms with Crippen molar-refractivity contribution >= 4 is 22.4 Å². The molecule has 0 radical (unpaired) electrons. The number of ether oxygens (including phenoxy) is 1. The van der Waals surface area contributed by atoms with Crippen LogP contribution < -0.4 is 10.1 Å². The van der Waals surface area contributed by atoms with Gasteiger partial charge in [-0.15, -0.1) is 10.2 Å². The third-order valence-corrected chi connectivity index (χ3v) is 7.12. The predicted octanol–water partition coefficient (Wildman–Crippen LogP) is 5.43. The monoisotopic (exact) mass is 501 g/mol. The standard InChI is InChI=1S/C27H27N5O3S/c1-15-6-11-18-21(26(2,3)24(33)31-25-32-28-14-36-25)19-12-13-20(30-23(19)35-22(18)29-15)16-7-9-17(10-8-16)27(4,5)34/h6-14,21,34H,1-5H3,(H,31,32,33)/t21-/m0/s1. The minimum absolute atomic E-state index is 0.185. The van der Waals surface area contributed by atoms with Gasteiger partial charge < -0.3 is 15.2 Å². The Hall–Kier alpha value is -3.69. The Morgan fingerprint density at radius 3 is 2.28 bits per heavy atom. The minimum Gasteiger partial charge on any atom is -0.420 e. The van der Waals surface area contributed by atoms with Crippen LogP contribution in [0.25, 0.3) is 11.3 Å². The summed E-state index contributed by atoms with van der Waals surface area (Å²) in [5.41, 5.74) is 4.65. The Labute approximate surface area is 213 Å². The highest BCUT2D eigenvalue weighted by Crippen LogP contribution is 2.51. The van der Waals surface area contributed by atoms with Crippen LogP contribution in [0.4, 0.5) is 5.13 Å². The molecular formula is C27H27N5O3S. The van der Waals surface area contributed by atoms with Crippen molar-refractivity contribution in [3.8, 4) is 23.0 Å². The third-order valence-electron chi connectivity index (χ3n) is 6.51. The Bertz CT molecular complexity index is 1430. The van der Waals surface area contributed by atoms with Crippen molar-refractivity contribution in [3.63, 3.8) is 0 Å². The van der Waals surface area contributed by atoms with E-state index in [1.807, 2.05) is 69.3 Å². The van der Waals surface area contributed by atoms with Crippen molar-refractivity contribution in [2.75, 3.05) is 5.32 Å². The van der Waals surface area contributed by atoms with Gasteiger partial charge in [-0.3, -0.25) is 4.79 Å². The van der Waals surface area contributed by atoms with Gasteiger partial charge in [0.25, 0.3) is 0 Å². The summed E-state index contributed by atoms with van der Waals surface area (Å²) < 4.78 is 6.20. The fourth-order valence-electron chi connectivity index (χ4n) is 4.46. The summed E-state index contributed by atoms with van der Waals surface area (Å²) in [5.74, 6) is 0.337. The number of fused-ring (bicyclic) bond motifs is 2. The van der Waals surface area contributed by atoms with E-state index in [-0.39, 0.29) is 11.8 Å². The highest BCUT2D eigenvalue weighted by Gasteiger charge is 2.45. The zero-order chi connectivity index (χ0) is 25.7. The van der Waals surface area contributed by atoms with E-state index in [2.05, 4.69) is 20.5 Å². The van der Waals surface area contributed by atoms with Gasteiger partial charge in [-0.05, 0) is 38.5 Å². The maximum atomic E-state index is 13.4. The molecule has 0 unspecified atom stereocenters. The summed E-state index contributed by atoms with van der Waals surface area (Å²) in [6.45, 7) is 9.20. The molecule has 1 aromatic carbocycles. The normalized spacial score (nSPS) is 15.0. The number of aliphatic hydroxyl groups is 1. The number of aryl methyl sites for hydroxylation is 1. The van der Waals surface area contributed by atoms with Gasteiger partial charge in [-0.2, -0.15) is 0 Å². The van der Waals surface area contributed by atoms with Gasteiger partial charge in [0.05, 0.1) is 16.7 Å². The zero-order valence-corrected chi connectivity index (χ0v) is 21.6. The first-order valence-electron chi connectivity index (χ1n) is 11.6. The topological polar surface area (TPSA) is 110 Å². The van der Waals surface area contributed by atoms with Gasteiger partial charge in [0.2, 0.25) is 22.8 Å². The molecule has 0 saturated heterocycles. The van der Waals surface area contributed by atoms with Crippen LogP contribution >= 0.6 is 11.3 Å². The molecule has 0 aliphatic carbocycles. The molecular weight excluding hydrogens is 474 g/mol. The van der Waals surface area contributed by atoms with E-state index < -0.39 is 11.0 Å². The lowest BCUT2D eigenvalue weighted by atomic mass is 9.70. The van der Waals surface area contributed by atoms with Gasteiger partial charge in [-0.25, -0.2) is 9.97 Å². The fraction of sp³-hybridized carbons (Fsp3) is 0.296. The molecule has 0 spiro atoms. The highest BCUT2D eigenvalue weighted by atomic mass is 32.1. The molecule has 9 heteroatoms. The number of rotatable bonds is 5. The Morgan fingerprint density at radius 1 is 0.972 bits per heavy atom. The number of anilines is 1. The molecule has 4 heterocycles. The number of nitrogens with zero attached hydrogens (tertiary/aromatic N) is 4. The molecule has 36 heavy (non-hydrogen) atoms. The summed E-state index contributed by atoms with van der Waals surface area (Å²) in [7, 11) is 0. The number of amides is 1. The molecule has 0 fully saturated rings. The minimum atomic E-state index is -0.924. The van der Waals surface area contributed by atoms with Gasteiger partial charge in [0, 0.05) is 28.3 Å². The summed E-state index contributed by atoms with van der Waals surface area (Å²) in [6, 6.07) is 15.4. The predicted molar refractivity (Wildman–Crippen MR) is 138 cm³/mol. The number of pyridine rings is 2. The maximum Gasteiger partial charge on any atom is 0.232 e. The van der Waals surface area contributed by atoms with E-state index in [0.717, 1.165) is 33.6 Å². The number of nitrogens with one attached hydrogen (secondary N) is 1. The quantitative estimate of drug-likeness (QED) is 0.375. The molecule has 3 aromatic heterocycles. The fourth-order valence-corrected chi connectivity index (χ4v) is 4.90. The third kappa shape index (κ3) is 4.36. The summed E-state index contributed by atoms with van der Waals surface area (Å²) in [5, 5.41) is 21.4. The molecule has 1 aliphatic heterocycles. The molecule has 4 aromatic rings. The van der Waals surface area contributed by atoms with Crippen molar-refractivity contribution in [2.45, 2.75) is 46.1 Å². The maximum absolute atomic E-state index is 13.4. The Kier molecular flexibility index (Phi) is 5.84. The number of benzene rings is 1. The van der Waals surface area contributed by atoms with Crippen LogP contribution in [0.3, 0.4) is 0 Å². The lowest BCUT2D eigenvalue weighted by Crippen LogP contribution is -2.38. The molecule has 1 amide bonds. The lowest BCUT2D eigenvalue weighted by molar-refractivity contribution is -0.124. The van der Waals surface area contributed by atoms with Crippen LogP contribution in [0.1, 0.15) is 56.0 Å². The molecule has 2 N–H and O–H groups in total. The van der Waals surface area contributed by atoms with E-state index in [1.165, 1.54) is 11.3 Å². The second-order valence-electron chi connectivity index (χ2n) is 10.0.